The summed E-state index contributed by atoms with van der Waals surface area (Å²) in [6.45, 7) is 8.32. The standard InChI is InChI=1S/C13H23N3O2S2/c1-4-14-10-12-9-13(11(2)19-12)20(17,18)16-7-5-15(3)6-8-16/h9,14H,4-8,10H2,1-3H3. The van der Waals surface area contributed by atoms with Crippen molar-refractivity contribution < 1.29 is 8.42 Å². The summed E-state index contributed by atoms with van der Waals surface area (Å²) in [5.41, 5.74) is 0. The second kappa shape index (κ2) is 6.53. The van der Waals surface area contributed by atoms with Crippen LogP contribution in [-0.4, -0.2) is 57.4 Å². The molecular weight excluding hydrogens is 294 g/mol. The minimum absolute atomic E-state index is 0.486. The molecule has 20 heavy (non-hydrogen) atoms. The molecule has 7 heteroatoms. The predicted molar refractivity (Wildman–Crippen MR) is 82.7 cm³/mol. The van der Waals surface area contributed by atoms with Crippen molar-refractivity contribution in [1.82, 2.24) is 14.5 Å². The van der Waals surface area contributed by atoms with Gasteiger partial charge >= 0.3 is 0 Å². The van der Waals surface area contributed by atoms with E-state index >= 15 is 0 Å². The van der Waals surface area contributed by atoms with Crippen LogP contribution < -0.4 is 5.32 Å². The Kier molecular flexibility index (Phi) is 5.19. The van der Waals surface area contributed by atoms with Crippen LogP contribution in [0.25, 0.3) is 0 Å². The summed E-state index contributed by atoms with van der Waals surface area (Å²) in [6.07, 6.45) is 0. The SMILES string of the molecule is CCNCc1cc(S(=O)(=O)N2CCN(C)CC2)c(C)s1. The lowest BCUT2D eigenvalue weighted by molar-refractivity contribution is 0.222. The molecule has 114 valence electrons. The third kappa shape index (κ3) is 3.40. The van der Waals surface area contributed by atoms with E-state index in [4.69, 9.17) is 0 Å². The number of nitrogens with one attached hydrogen (secondary N) is 1. The predicted octanol–water partition coefficient (Wildman–Crippen LogP) is 1.10. The van der Waals surface area contributed by atoms with Gasteiger partial charge in [-0.15, -0.1) is 11.3 Å². The van der Waals surface area contributed by atoms with Crippen LogP contribution in [0.2, 0.25) is 0 Å². The fraction of sp³-hybridized carbons (Fsp3) is 0.692. The lowest BCUT2D eigenvalue weighted by atomic mass is 10.4. The highest BCUT2D eigenvalue weighted by molar-refractivity contribution is 7.89. The van der Waals surface area contributed by atoms with E-state index in [0.29, 0.717) is 18.0 Å². The van der Waals surface area contributed by atoms with Gasteiger partial charge in [-0.05, 0) is 26.6 Å². The molecule has 1 aromatic heterocycles. The zero-order valence-electron chi connectivity index (χ0n) is 12.3. The maximum absolute atomic E-state index is 12.7. The van der Waals surface area contributed by atoms with Crippen molar-refractivity contribution >= 4 is 21.4 Å². The van der Waals surface area contributed by atoms with Gasteiger partial charge in [-0.2, -0.15) is 4.31 Å². The lowest BCUT2D eigenvalue weighted by Crippen LogP contribution is -2.47. The Bertz CT molecular complexity index is 546. The van der Waals surface area contributed by atoms with Crippen LogP contribution in [0, 0.1) is 6.92 Å². The Balaban J connectivity index is 2.18. The Labute approximate surface area is 125 Å². The van der Waals surface area contributed by atoms with Crippen molar-refractivity contribution in [3.05, 3.63) is 15.8 Å². The molecule has 2 heterocycles. The number of thiophene rings is 1. The zero-order chi connectivity index (χ0) is 14.8. The molecule has 0 spiro atoms. The monoisotopic (exact) mass is 317 g/mol. The molecule has 1 aliphatic rings. The summed E-state index contributed by atoms with van der Waals surface area (Å²) < 4.78 is 27.0. The number of rotatable bonds is 5. The van der Waals surface area contributed by atoms with Crippen LogP contribution in [0.1, 0.15) is 16.7 Å². The van der Waals surface area contributed by atoms with Crippen LogP contribution in [0.15, 0.2) is 11.0 Å². The number of hydrogen-bond acceptors (Lipinski definition) is 5. The van der Waals surface area contributed by atoms with Gasteiger partial charge in [-0.3, -0.25) is 0 Å². The van der Waals surface area contributed by atoms with Crippen molar-refractivity contribution in [2.45, 2.75) is 25.3 Å². The maximum Gasteiger partial charge on any atom is 0.244 e. The molecule has 1 aliphatic heterocycles. The van der Waals surface area contributed by atoms with Crippen LogP contribution in [-0.2, 0) is 16.6 Å². The molecule has 1 saturated heterocycles. The number of hydrogen-bond donors (Lipinski definition) is 1. The first-order chi connectivity index (χ1) is 9.45. The Morgan fingerprint density at radius 3 is 2.55 bits per heavy atom. The smallest absolute Gasteiger partial charge is 0.244 e. The van der Waals surface area contributed by atoms with E-state index in [-0.39, 0.29) is 0 Å². The summed E-state index contributed by atoms with van der Waals surface area (Å²) in [7, 11) is -1.31. The lowest BCUT2D eigenvalue weighted by Gasteiger charge is -2.31. The molecule has 0 bridgehead atoms. The topological polar surface area (TPSA) is 52.7 Å². The van der Waals surface area contributed by atoms with Gasteiger partial charge < -0.3 is 10.2 Å². The Hall–Kier alpha value is -0.470. The van der Waals surface area contributed by atoms with E-state index in [0.717, 1.165) is 35.9 Å². The van der Waals surface area contributed by atoms with Crippen molar-refractivity contribution in [3.8, 4) is 0 Å². The van der Waals surface area contributed by atoms with Crippen molar-refractivity contribution in [3.63, 3.8) is 0 Å². The van der Waals surface area contributed by atoms with Crippen LogP contribution in [0.5, 0.6) is 0 Å². The van der Waals surface area contributed by atoms with E-state index < -0.39 is 10.0 Å². The van der Waals surface area contributed by atoms with E-state index in [2.05, 4.69) is 10.2 Å². The summed E-state index contributed by atoms with van der Waals surface area (Å²) in [4.78, 5) is 4.61. The second-order valence-corrected chi connectivity index (χ2v) is 8.37. The first kappa shape index (κ1) is 15.9. The minimum Gasteiger partial charge on any atom is -0.312 e. The first-order valence-corrected chi connectivity index (χ1v) is 9.19. The number of sulfonamides is 1. The molecule has 1 aromatic rings. The third-order valence-electron chi connectivity index (χ3n) is 3.55. The summed E-state index contributed by atoms with van der Waals surface area (Å²) in [5.74, 6) is 0. The quantitative estimate of drug-likeness (QED) is 0.884. The highest BCUT2D eigenvalue weighted by Crippen LogP contribution is 2.28. The van der Waals surface area contributed by atoms with E-state index in [1.54, 1.807) is 15.6 Å². The van der Waals surface area contributed by atoms with Gasteiger partial charge in [0.1, 0.15) is 0 Å². The van der Waals surface area contributed by atoms with Gasteiger partial charge in [0.2, 0.25) is 10.0 Å². The Morgan fingerprint density at radius 1 is 1.30 bits per heavy atom. The second-order valence-electron chi connectivity index (χ2n) is 5.12. The normalized spacial score (nSPS) is 18.6. The highest BCUT2D eigenvalue weighted by atomic mass is 32.2. The molecular formula is C13H23N3O2S2. The molecule has 1 N–H and O–H groups in total. The molecule has 0 aromatic carbocycles. The van der Waals surface area contributed by atoms with Crippen molar-refractivity contribution in [2.24, 2.45) is 0 Å². The highest BCUT2D eigenvalue weighted by Gasteiger charge is 2.29. The van der Waals surface area contributed by atoms with Crippen molar-refractivity contribution in [2.75, 3.05) is 39.8 Å². The summed E-state index contributed by atoms with van der Waals surface area (Å²) in [6, 6.07) is 1.83. The zero-order valence-corrected chi connectivity index (χ0v) is 14.0. The molecule has 0 aliphatic carbocycles. The molecule has 0 amide bonds. The molecule has 0 saturated carbocycles. The Morgan fingerprint density at radius 2 is 1.95 bits per heavy atom. The minimum atomic E-state index is -3.33. The maximum atomic E-state index is 12.7. The third-order valence-corrected chi connectivity index (χ3v) is 6.76. The van der Waals surface area contributed by atoms with Gasteiger partial charge in [0.15, 0.2) is 0 Å². The van der Waals surface area contributed by atoms with Gasteiger partial charge in [-0.1, -0.05) is 6.92 Å². The number of piperazine rings is 1. The van der Waals surface area contributed by atoms with Gasteiger partial charge in [0.05, 0.1) is 4.90 Å². The largest absolute Gasteiger partial charge is 0.312 e. The average Bonchev–Trinajstić information content (AvgIpc) is 2.79. The van der Waals surface area contributed by atoms with E-state index in [1.165, 1.54) is 0 Å². The fourth-order valence-electron chi connectivity index (χ4n) is 2.28. The number of nitrogens with zero attached hydrogens (tertiary/aromatic N) is 2. The number of likely N-dealkylation sites (N-methyl/N-ethyl adjacent to an activating group) is 1. The molecule has 2 rings (SSSR count). The van der Waals surface area contributed by atoms with Gasteiger partial charge in [0, 0.05) is 42.5 Å². The van der Waals surface area contributed by atoms with Crippen LogP contribution in [0.3, 0.4) is 0 Å². The van der Waals surface area contributed by atoms with E-state index in [1.807, 2.05) is 27.0 Å². The van der Waals surface area contributed by atoms with Gasteiger partial charge in [0.25, 0.3) is 0 Å². The fourth-order valence-corrected chi connectivity index (χ4v) is 5.28. The van der Waals surface area contributed by atoms with Crippen LogP contribution in [0.4, 0.5) is 0 Å². The molecule has 0 atom stereocenters. The molecule has 5 nitrogen and oxygen atoms in total. The molecule has 0 radical (unpaired) electrons. The first-order valence-electron chi connectivity index (χ1n) is 6.94. The summed E-state index contributed by atoms with van der Waals surface area (Å²) >= 11 is 1.57. The summed E-state index contributed by atoms with van der Waals surface area (Å²) in [5, 5.41) is 3.24. The molecule has 0 unspecified atom stereocenters. The average molecular weight is 317 g/mol. The number of aryl methyl sites for hydroxylation is 1. The van der Waals surface area contributed by atoms with Gasteiger partial charge in [-0.25, -0.2) is 8.42 Å². The van der Waals surface area contributed by atoms with E-state index in [9.17, 15) is 8.42 Å². The molecule has 1 fully saturated rings. The van der Waals surface area contributed by atoms with Crippen molar-refractivity contribution in [1.29, 1.82) is 0 Å². The van der Waals surface area contributed by atoms with Crippen LogP contribution >= 0.6 is 11.3 Å².